The summed E-state index contributed by atoms with van der Waals surface area (Å²) in [6.07, 6.45) is 1.74. The first-order valence-corrected chi connectivity index (χ1v) is 4.36. The van der Waals surface area contributed by atoms with E-state index in [9.17, 15) is 4.79 Å². The van der Waals surface area contributed by atoms with Crippen LogP contribution in [0.5, 0.6) is 0 Å². The quantitative estimate of drug-likeness (QED) is 0.675. The fourth-order valence-electron chi connectivity index (χ4n) is 1.97. The Labute approximate surface area is 83.3 Å². The number of ether oxygens (including phenoxy) is 1. The molecular formula is C8H14ClNO3. The minimum Gasteiger partial charge on any atom is -0.479 e. The Morgan fingerprint density at radius 1 is 1.54 bits per heavy atom. The number of carboxylic acids is 1. The van der Waals surface area contributed by atoms with Crippen LogP contribution in [0.2, 0.25) is 0 Å². The molecule has 0 aromatic heterocycles. The highest BCUT2D eigenvalue weighted by Crippen LogP contribution is 2.22. The van der Waals surface area contributed by atoms with Gasteiger partial charge in [0.2, 0.25) is 0 Å². The molecule has 2 atom stereocenters. The number of rotatable bonds is 1. The second kappa shape index (κ2) is 4.26. The van der Waals surface area contributed by atoms with Gasteiger partial charge in [-0.2, -0.15) is 0 Å². The summed E-state index contributed by atoms with van der Waals surface area (Å²) in [7, 11) is 0. The predicted molar refractivity (Wildman–Crippen MR) is 49.2 cm³/mol. The molecule has 76 valence electrons. The standard InChI is InChI=1S/C8H13NO3.ClH/c10-8(11)7-4-9-3-1-2-6(9)5-12-7;/h6-7H,1-5H2,(H,10,11);1H. The van der Waals surface area contributed by atoms with Crippen LogP contribution in [0.1, 0.15) is 12.8 Å². The van der Waals surface area contributed by atoms with Crippen molar-refractivity contribution in [3.8, 4) is 0 Å². The number of carbonyl (C=O) groups is 1. The first-order valence-electron chi connectivity index (χ1n) is 4.36. The van der Waals surface area contributed by atoms with Gasteiger partial charge in [0.05, 0.1) is 6.61 Å². The molecule has 4 nitrogen and oxygen atoms in total. The number of aliphatic carboxylic acids is 1. The Hall–Kier alpha value is -0.320. The summed E-state index contributed by atoms with van der Waals surface area (Å²) in [6.45, 7) is 2.20. The Morgan fingerprint density at radius 2 is 2.31 bits per heavy atom. The summed E-state index contributed by atoms with van der Waals surface area (Å²) in [5, 5.41) is 8.71. The van der Waals surface area contributed by atoms with Crippen LogP contribution in [0.15, 0.2) is 0 Å². The summed E-state index contributed by atoms with van der Waals surface area (Å²) in [4.78, 5) is 12.8. The molecule has 0 spiro atoms. The van der Waals surface area contributed by atoms with Gasteiger partial charge in [0.1, 0.15) is 0 Å². The van der Waals surface area contributed by atoms with Crippen LogP contribution in [0, 0.1) is 0 Å². The number of carboxylic acid groups (broad SMARTS) is 1. The van der Waals surface area contributed by atoms with Crippen LogP contribution < -0.4 is 0 Å². The van der Waals surface area contributed by atoms with E-state index < -0.39 is 12.1 Å². The van der Waals surface area contributed by atoms with Crippen LogP contribution in [-0.2, 0) is 9.53 Å². The molecule has 0 aromatic carbocycles. The van der Waals surface area contributed by atoms with Gasteiger partial charge in [0.25, 0.3) is 0 Å². The molecule has 0 bridgehead atoms. The molecule has 2 aliphatic heterocycles. The molecule has 13 heavy (non-hydrogen) atoms. The minimum absolute atomic E-state index is 0. The summed E-state index contributed by atoms with van der Waals surface area (Å²) in [5.74, 6) is -0.833. The summed E-state index contributed by atoms with van der Waals surface area (Å²) in [6, 6.07) is 0.487. The maximum absolute atomic E-state index is 10.6. The third kappa shape index (κ3) is 2.13. The van der Waals surface area contributed by atoms with E-state index >= 15 is 0 Å². The zero-order valence-corrected chi connectivity index (χ0v) is 8.13. The molecule has 0 aliphatic carbocycles. The van der Waals surface area contributed by atoms with Gasteiger partial charge in [-0.15, -0.1) is 12.4 Å². The van der Waals surface area contributed by atoms with Crippen molar-refractivity contribution in [2.75, 3.05) is 19.7 Å². The molecule has 2 aliphatic rings. The molecule has 2 fully saturated rings. The van der Waals surface area contributed by atoms with E-state index in [1.54, 1.807) is 0 Å². The minimum atomic E-state index is -0.833. The zero-order chi connectivity index (χ0) is 8.55. The van der Waals surface area contributed by atoms with Crippen LogP contribution in [0.25, 0.3) is 0 Å². The second-order valence-electron chi connectivity index (χ2n) is 3.45. The Kier molecular flexibility index (Phi) is 3.53. The van der Waals surface area contributed by atoms with Crippen molar-refractivity contribution in [1.82, 2.24) is 4.90 Å². The van der Waals surface area contributed by atoms with Crippen LogP contribution in [0.4, 0.5) is 0 Å². The van der Waals surface area contributed by atoms with Crippen molar-refractivity contribution in [3.63, 3.8) is 0 Å². The van der Waals surface area contributed by atoms with Gasteiger partial charge in [-0.05, 0) is 19.4 Å². The molecule has 1 N–H and O–H groups in total. The molecule has 0 amide bonds. The number of hydrogen-bond acceptors (Lipinski definition) is 3. The van der Waals surface area contributed by atoms with Gasteiger partial charge < -0.3 is 9.84 Å². The second-order valence-corrected chi connectivity index (χ2v) is 3.45. The first kappa shape index (κ1) is 10.8. The van der Waals surface area contributed by atoms with E-state index in [-0.39, 0.29) is 12.4 Å². The number of morpholine rings is 1. The highest BCUT2D eigenvalue weighted by atomic mass is 35.5. The fraction of sp³-hybridized carbons (Fsp3) is 0.875. The summed E-state index contributed by atoms with van der Waals surface area (Å²) in [5.41, 5.74) is 0. The van der Waals surface area contributed by atoms with Crippen LogP contribution in [-0.4, -0.2) is 47.8 Å². The molecular weight excluding hydrogens is 194 g/mol. The van der Waals surface area contributed by atoms with E-state index in [1.165, 1.54) is 6.42 Å². The van der Waals surface area contributed by atoms with Gasteiger partial charge >= 0.3 is 5.97 Å². The maximum Gasteiger partial charge on any atom is 0.334 e. The van der Waals surface area contributed by atoms with Gasteiger partial charge in [-0.1, -0.05) is 0 Å². The molecule has 2 saturated heterocycles. The third-order valence-electron chi connectivity index (χ3n) is 2.66. The summed E-state index contributed by atoms with van der Waals surface area (Å²) < 4.78 is 5.21. The number of nitrogens with zero attached hydrogens (tertiary/aromatic N) is 1. The first-order chi connectivity index (χ1) is 5.77. The van der Waals surface area contributed by atoms with Crippen molar-refractivity contribution in [3.05, 3.63) is 0 Å². The Morgan fingerprint density at radius 3 is 3.00 bits per heavy atom. The van der Waals surface area contributed by atoms with Crippen LogP contribution in [0.3, 0.4) is 0 Å². The van der Waals surface area contributed by atoms with E-state index in [0.29, 0.717) is 19.2 Å². The average Bonchev–Trinajstić information content (AvgIpc) is 2.49. The Bertz CT molecular complexity index is 200. The topological polar surface area (TPSA) is 49.8 Å². The lowest BCUT2D eigenvalue weighted by Crippen LogP contribution is -2.48. The predicted octanol–water partition coefficient (Wildman–Crippen LogP) is 0.356. The van der Waals surface area contributed by atoms with Crippen molar-refractivity contribution >= 4 is 18.4 Å². The lowest BCUT2D eigenvalue weighted by molar-refractivity contribution is -0.158. The number of fused-ring (bicyclic) bond motifs is 1. The smallest absolute Gasteiger partial charge is 0.334 e. The zero-order valence-electron chi connectivity index (χ0n) is 7.31. The van der Waals surface area contributed by atoms with E-state index in [2.05, 4.69) is 4.90 Å². The molecule has 5 heteroatoms. The largest absolute Gasteiger partial charge is 0.479 e. The van der Waals surface area contributed by atoms with E-state index in [0.717, 1.165) is 13.0 Å². The molecule has 0 saturated carbocycles. The Balaban J connectivity index is 0.000000845. The number of hydrogen-bond donors (Lipinski definition) is 1. The average molecular weight is 208 g/mol. The fourth-order valence-corrected chi connectivity index (χ4v) is 1.97. The lowest BCUT2D eigenvalue weighted by atomic mass is 10.2. The van der Waals surface area contributed by atoms with Gasteiger partial charge in [0.15, 0.2) is 6.10 Å². The van der Waals surface area contributed by atoms with Crippen molar-refractivity contribution < 1.29 is 14.6 Å². The van der Waals surface area contributed by atoms with Gasteiger partial charge in [0, 0.05) is 12.6 Å². The van der Waals surface area contributed by atoms with Crippen molar-refractivity contribution in [2.24, 2.45) is 0 Å². The van der Waals surface area contributed by atoms with E-state index in [4.69, 9.17) is 9.84 Å². The van der Waals surface area contributed by atoms with Crippen LogP contribution >= 0.6 is 12.4 Å². The normalized spacial score (nSPS) is 33.5. The highest BCUT2D eigenvalue weighted by molar-refractivity contribution is 5.85. The van der Waals surface area contributed by atoms with Crippen molar-refractivity contribution in [1.29, 1.82) is 0 Å². The van der Waals surface area contributed by atoms with Crippen molar-refractivity contribution in [2.45, 2.75) is 25.0 Å². The molecule has 2 rings (SSSR count). The summed E-state index contributed by atoms with van der Waals surface area (Å²) >= 11 is 0. The van der Waals surface area contributed by atoms with Gasteiger partial charge in [-0.25, -0.2) is 4.79 Å². The monoisotopic (exact) mass is 207 g/mol. The molecule has 0 aromatic rings. The molecule has 2 unspecified atom stereocenters. The van der Waals surface area contributed by atoms with E-state index in [1.807, 2.05) is 0 Å². The molecule has 2 heterocycles. The third-order valence-corrected chi connectivity index (χ3v) is 2.66. The molecule has 0 radical (unpaired) electrons. The van der Waals surface area contributed by atoms with Gasteiger partial charge in [-0.3, -0.25) is 4.90 Å². The lowest BCUT2D eigenvalue weighted by Gasteiger charge is -2.32. The SMILES string of the molecule is Cl.O=C(O)C1CN2CCCC2CO1. The maximum atomic E-state index is 10.6. The number of halogens is 1. The highest BCUT2D eigenvalue weighted by Gasteiger charge is 2.34.